The molecule has 0 aliphatic heterocycles. The van der Waals surface area contributed by atoms with Gasteiger partial charge in [-0.2, -0.15) is 5.10 Å². The smallest absolute Gasteiger partial charge is 0.271 e. The van der Waals surface area contributed by atoms with E-state index < -0.39 is 5.91 Å². The van der Waals surface area contributed by atoms with Crippen molar-refractivity contribution in [2.75, 3.05) is 0 Å². The zero-order valence-corrected chi connectivity index (χ0v) is 11.9. The zero-order valence-electron chi connectivity index (χ0n) is 11.9. The first kappa shape index (κ1) is 14.7. The van der Waals surface area contributed by atoms with Crippen molar-refractivity contribution in [1.82, 2.24) is 26.0 Å². The van der Waals surface area contributed by atoms with Gasteiger partial charge in [0.2, 0.25) is 5.91 Å². The standard InChI is InChI=1S/C14H17N5O2/c1-9-12(10(2)17-16-9)5-6-13(20)18-19-14(21)11-4-3-7-15-8-11/h3-4,7-8H,5-6H2,1-2H3,(H,16,17)(H,18,20)(H,19,21). The van der Waals surface area contributed by atoms with Gasteiger partial charge in [0, 0.05) is 24.5 Å². The van der Waals surface area contributed by atoms with Crippen LogP contribution < -0.4 is 10.9 Å². The van der Waals surface area contributed by atoms with Crippen molar-refractivity contribution >= 4 is 11.8 Å². The Kier molecular flexibility index (Phi) is 4.65. The Hall–Kier alpha value is -2.70. The van der Waals surface area contributed by atoms with Crippen LogP contribution in [0.3, 0.4) is 0 Å². The molecule has 0 saturated heterocycles. The predicted molar refractivity (Wildman–Crippen MR) is 76.2 cm³/mol. The summed E-state index contributed by atoms with van der Waals surface area (Å²) in [6.07, 6.45) is 3.85. The first-order chi connectivity index (χ1) is 10.1. The molecule has 7 nitrogen and oxygen atoms in total. The molecule has 3 N–H and O–H groups in total. The molecule has 0 atom stereocenters. The van der Waals surface area contributed by atoms with Crippen LogP contribution in [0.15, 0.2) is 24.5 Å². The Morgan fingerprint density at radius 1 is 1.29 bits per heavy atom. The van der Waals surface area contributed by atoms with Gasteiger partial charge in [0.05, 0.1) is 11.3 Å². The van der Waals surface area contributed by atoms with Gasteiger partial charge in [-0.15, -0.1) is 0 Å². The van der Waals surface area contributed by atoms with Crippen LogP contribution in [0.2, 0.25) is 0 Å². The van der Waals surface area contributed by atoms with Crippen LogP contribution in [0.1, 0.15) is 33.7 Å². The fourth-order valence-corrected chi connectivity index (χ4v) is 1.94. The van der Waals surface area contributed by atoms with Crippen molar-refractivity contribution in [2.24, 2.45) is 0 Å². The molecule has 2 aromatic rings. The maximum atomic E-state index is 11.7. The molecule has 0 radical (unpaired) electrons. The van der Waals surface area contributed by atoms with Crippen LogP contribution in [0, 0.1) is 13.8 Å². The average Bonchev–Trinajstić information content (AvgIpc) is 2.82. The second-order valence-electron chi connectivity index (χ2n) is 4.66. The molecule has 0 aromatic carbocycles. The van der Waals surface area contributed by atoms with Crippen molar-refractivity contribution in [2.45, 2.75) is 26.7 Å². The van der Waals surface area contributed by atoms with Crippen LogP contribution in [0.5, 0.6) is 0 Å². The van der Waals surface area contributed by atoms with E-state index in [1.165, 1.54) is 6.20 Å². The van der Waals surface area contributed by atoms with E-state index in [4.69, 9.17) is 0 Å². The molecule has 2 amide bonds. The fourth-order valence-electron chi connectivity index (χ4n) is 1.94. The summed E-state index contributed by atoms with van der Waals surface area (Å²) >= 11 is 0. The molecule has 0 aliphatic carbocycles. The number of hydrogen-bond donors (Lipinski definition) is 3. The van der Waals surface area contributed by atoms with E-state index in [9.17, 15) is 9.59 Å². The summed E-state index contributed by atoms with van der Waals surface area (Å²) in [5, 5.41) is 6.95. The Bertz CT molecular complexity index is 617. The summed E-state index contributed by atoms with van der Waals surface area (Å²) in [5.41, 5.74) is 8.01. The van der Waals surface area contributed by atoms with Gasteiger partial charge in [-0.05, 0) is 38.0 Å². The first-order valence-corrected chi connectivity index (χ1v) is 6.57. The second kappa shape index (κ2) is 6.65. The highest BCUT2D eigenvalue weighted by atomic mass is 16.2. The lowest BCUT2D eigenvalue weighted by Crippen LogP contribution is -2.41. The molecule has 110 valence electrons. The number of carbonyl (C=O) groups excluding carboxylic acids is 2. The maximum absolute atomic E-state index is 11.7. The number of aromatic nitrogens is 3. The summed E-state index contributed by atoms with van der Waals surface area (Å²) in [5.74, 6) is -0.653. The molecule has 0 spiro atoms. The molecule has 0 saturated carbocycles. The van der Waals surface area contributed by atoms with Gasteiger partial charge >= 0.3 is 0 Å². The van der Waals surface area contributed by atoms with E-state index in [1.807, 2.05) is 13.8 Å². The Morgan fingerprint density at radius 2 is 2.10 bits per heavy atom. The first-order valence-electron chi connectivity index (χ1n) is 6.57. The minimum Gasteiger partial charge on any atom is -0.282 e. The molecule has 0 bridgehead atoms. The highest BCUT2D eigenvalue weighted by Crippen LogP contribution is 2.11. The van der Waals surface area contributed by atoms with Crippen LogP contribution in [-0.4, -0.2) is 27.0 Å². The number of amides is 2. The highest BCUT2D eigenvalue weighted by molar-refractivity contribution is 5.95. The number of aryl methyl sites for hydroxylation is 2. The van der Waals surface area contributed by atoms with Crippen LogP contribution in [-0.2, 0) is 11.2 Å². The molecule has 0 aliphatic rings. The monoisotopic (exact) mass is 287 g/mol. The molecule has 21 heavy (non-hydrogen) atoms. The lowest BCUT2D eigenvalue weighted by Gasteiger charge is -2.07. The summed E-state index contributed by atoms with van der Waals surface area (Å²) in [6, 6.07) is 3.27. The van der Waals surface area contributed by atoms with E-state index >= 15 is 0 Å². The number of nitrogens with zero attached hydrogens (tertiary/aromatic N) is 2. The van der Waals surface area contributed by atoms with Gasteiger partial charge in [-0.3, -0.25) is 30.5 Å². The Balaban J connectivity index is 1.79. The van der Waals surface area contributed by atoms with Gasteiger partial charge in [-0.1, -0.05) is 0 Å². The van der Waals surface area contributed by atoms with Crippen LogP contribution >= 0.6 is 0 Å². The molecule has 7 heteroatoms. The normalized spacial score (nSPS) is 10.2. The van der Waals surface area contributed by atoms with Crippen molar-refractivity contribution in [3.05, 3.63) is 47.0 Å². The number of carbonyl (C=O) groups is 2. The number of rotatable bonds is 4. The second-order valence-corrected chi connectivity index (χ2v) is 4.66. The van der Waals surface area contributed by atoms with Gasteiger partial charge < -0.3 is 0 Å². The number of nitrogens with one attached hydrogen (secondary N) is 3. The molecular formula is C14H17N5O2. The lowest BCUT2D eigenvalue weighted by atomic mass is 10.1. The van der Waals surface area contributed by atoms with E-state index in [1.54, 1.807) is 18.3 Å². The molecule has 0 unspecified atom stereocenters. The Morgan fingerprint density at radius 3 is 2.71 bits per heavy atom. The van der Waals surface area contributed by atoms with Gasteiger partial charge in [0.15, 0.2) is 0 Å². The van der Waals surface area contributed by atoms with Crippen molar-refractivity contribution in [3.63, 3.8) is 0 Å². The molecule has 2 rings (SSSR count). The third-order valence-corrected chi connectivity index (χ3v) is 3.12. The number of pyridine rings is 1. The van der Waals surface area contributed by atoms with E-state index in [0.717, 1.165) is 17.0 Å². The summed E-state index contributed by atoms with van der Waals surface area (Å²) < 4.78 is 0. The predicted octanol–water partition coefficient (Wildman–Crippen LogP) is 0.815. The van der Waals surface area contributed by atoms with Gasteiger partial charge in [-0.25, -0.2) is 0 Å². The van der Waals surface area contributed by atoms with Crippen molar-refractivity contribution < 1.29 is 9.59 Å². The van der Waals surface area contributed by atoms with Crippen LogP contribution in [0.4, 0.5) is 0 Å². The van der Waals surface area contributed by atoms with Crippen molar-refractivity contribution in [3.8, 4) is 0 Å². The summed E-state index contributed by atoms with van der Waals surface area (Å²) in [6.45, 7) is 3.80. The van der Waals surface area contributed by atoms with Crippen molar-refractivity contribution in [1.29, 1.82) is 0 Å². The average molecular weight is 287 g/mol. The largest absolute Gasteiger partial charge is 0.282 e. The molecule has 2 aromatic heterocycles. The van der Waals surface area contributed by atoms with E-state index in [-0.39, 0.29) is 12.3 Å². The van der Waals surface area contributed by atoms with Crippen LogP contribution in [0.25, 0.3) is 0 Å². The summed E-state index contributed by atoms with van der Waals surface area (Å²) in [4.78, 5) is 27.3. The quantitative estimate of drug-likeness (QED) is 0.725. The zero-order chi connectivity index (χ0) is 15.2. The minimum atomic E-state index is -0.396. The summed E-state index contributed by atoms with van der Waals surface area (Å²) in [7, 11) is 0. The third kappa shape index (κ3) is 3.88. The van der Waals surface area contributed by atoms with E-state index in [0.29, 0.717) is 12.0 Å². The fraction of sp³-hybridized carbons (Fsp3) is 0.286. The number of H-pyrrole nitrogens is 1. The SMILES string of the molecule is Cc1n[nH]c(C)c1CCC(=O)NNC(=O)c1cccnc1. The minimum absolute atomic E-state index is 0.257. The number of hydrazine groups is 1. The number of aromatic amines is 1. The molecular weight excluding hydrogens is 270 g/mol. The topological polar surface area (TPSA) is 99.8 Å². The van der Waals surface area contributed by atoms with Gasteiger partial charge in [0.25, 0.3) is 5.91 Å². The molecule has 2 heterocycles. The maximum Gasteiger partial charge on any atom is 0.271 e. The highest BCUT2D eigenvalue weighted by Gasteiger charge is 2.10. The molecule has 0 fully saturated rings. The third-order valence-electron chi connectivity index (χ3n) is 3.12. The Labute approximate surface area is 122 Å². The number of hydrogen-bond acceptors (Lipinski definition) is 4. The van der Waals surface area contributed by atoms with Gasteiger partial charge in [0.1, 0.15) is 0 Å². The van der Waals surface area contributed by atoms with E-state index in [2.05, 4.69) is 26.0 Å². The lowest BCUT2D eigenvalue weighted by molar-refractivity contribution is -0.121.